The summed E-state index contributed by atoms with van der Waals surface area (Å²) in [6, 6.07) is 14.7. The second-order valence-electron chi connectivity index (χ2n) is 7.97. The molecule has 2 aromatic carbocycles. The van der Waals surface area contributed by atoms with E-state index in [-0.39, 0.29) is 11.5 Å². The molecule has 0 spiro atoms. The first-order chi connectivity index (χ1) is 13.6. The SMILES string of the molecule is CCC[C@H]1CC[C@H](/C(F)=C(\F)c2ccc(OCc3ccc(C)cc3)cc2)CC1. The normalized spacial score (nSPS) is 20.6. The molecule has 0 radical (unpaired) electrons. The standard InChI is InChI=1S/C25H30F2O/c1-3-4-19-9-11-21(12-10-19)24(26)25(27)22-13-15-23(16-14-22)28-17-20-7-5-18(2)6-8-20/h5-8,13-16,19,21H,3-4,9-12,17H2,1-2H3/b25-24+/t19-,21-. The van der Waals surface area contributed by atoms with Gasteiger partial charge in [0.15, 0.2) is 5.83 Å². The first-order valence-corrected chi connectivity index (χ1v) is 10.4. The Labute approximate surface area is 167 Å². The molecule has 2 aromatic rings. The van der Waals surface area contributed by atoms with Crippen molar-refractivity contribution in [1.29, 1.82) is 0 Å². The summed E-state index contributed by atoms with van der Waals surface area (Å²) in [6.45, 7) is 4.68. The predicted molar refractivity (Wildman–Crippen MR) is 111 cm³/mol. The molecular formula is C25H30F2O. The molecule has 0 amide bonds. The molecule has 0 heterocycles. The Morgan fingerprint density at radius 3 is 2.18 bits per heavy atom. The van der Waals surface area contributed by atoms with Gasteiger partial charge in [-0.1, -0.05) is 49.6 Å². The van der Waals surface area contributed by atoms with Crippen molar-refractivity contribution >= 4 is 5.83 Å². The van der Waals surface area contributed by atoms with Gasteiger partial charge < -0.3 is 4.74 Å². The first kappa shape index (κ1) is 20.6. The highest BCUT2D eigenvalue weighted by atomic mass is 19.2. The molecule has 0 bridgehead atoms. The third-order valence-corrected chi connectivity index (χ3v) is 5.75. The number of aryl methyl sites for hydroxylation is 1. The van der Waals surface area contributed by atoms with Crippen molar-refractivity contribution in [2.24, 2.45) is 11.8 Å². The van der Waals surface area contributed by atoms with Crippen LogP contribution in [0.2, 0.25) is 0 Å². The molecular weight excluding hydrogens is 354 g/mol. The van der Waals surface area contributed by atoms with E-state index in [1.165, 1.54) is 18.4 Å². The number of rotatable bonds is 7. The van der Waals surface area contributed by atoms with Crippen molar-refractivity contribution in [3.05, 3.63) is 71.0 Å². The van der Waals surface area contributed by atoms with Gasteiger partial charge in [-0.05, 0) is 68.4 Å². The quantitative estimate of drug-likeness (QED) is 0.473. The molecule has 3 heteroatoms. The van der Waals surface area contributed by atoms with Crippen LogP contribution in [0.15, 0.2) is 54.4 Å². The van der Waals surface area contributed by atoms with Crippen LogP contribution in [-0.2, 0) is 6.61 Å². The molecule has 0 saturated heterocycles. The number of benzene rings is 2. The smallest absolute Gasteiger partial charge is 0.162 e. The van der Waals surface area contributed by atoms with Crippen LogP contribution in [-0.4, -0.2) is 0 Å². The van der Waals surface area contributed by atoms with Crippen molar-refractivity contribution in [3.63, 3.8) is 0 Å². The van der Waals surface area contributed by atoms with Crippen LogP contribution in [0.3, 0.4) is 0 Å². The van der Waals surface area contributed by atoms with E-state index in [4.69, 9.17) is 4.74 Å². The van der Waals surface area contributed by atoms with Gasteiger partial charge in [0.1, 0.15) is 18.2 Å². The van der Waals surface area contributed by atoms with Crippen LogP contribution < -0.4 is 4.74 Å². The van der Waals surface area contributed by atoms with Crippen LogP contribution in [0.5, 0.6) is 5.75 Å². The fourth-order valence-electron chi connectivity index (χ4n) is 3.98. The fraction of sp³-hybridized carbons (Fsp3) is 0.440. The molecule has 1 aliphatic rings. The zero-order valence-corrected chi connectivity index (χ0v) is 16.9. The summed E-state index contributed by atoms with van der Waals surface area (Å²) in [7, 11) is 0. The molecule has 1 fully saturated rings. The van der Waals surface area contributed by atoms with Crippen LogP contribution in [0.1, 0.15) is 62.1 Å². The second-order valence-corrected chi connectivity index (χ2v) is 7.97. The fourth-order valence-corrected chi connectivity index (χ4v) is 3.98. The van der Waals surface area contributed by atoms with Gasteiger partial charge in [0.25, 0.3) is 0 Å². The topological polar surface area (TPSA) is 9.23 Å². The van der Waals surface area contributed by atoms with Crippen LogP contribution >= 0.6 is 0 Å². The molecule has 1 saturated carbocycles. The van der Waals surface area contributed by atoms with E-state index < -0.39 is 11.7 Å². The van der Waals surface area contributed by atoms with E-state index >= 15 is 0 Å². The molecule has 1 nitrogen and oxygen atoms in total. The highest BCUT2D eigenvalue weighted by molar-refractivity contribution is 5.62. The van der Waals surface area contributed by atoms with Crippen LogP contribution in [0, 0.1) is 18.8 Å². The lowest BCUT2D eigenvalue weighted by atomic mass is 9.79. The Balaban J connectivity index is 1.58. The minimum absolute atomic E-state index is 0.273. The Morgan fingerprint density at radius 1 is 0.929 bits per heavy atom. The van der Waals surface area contributed by atoms with Crippen LogP contribution in [0.25, 0.3) is 5.83 Å². The first-order valence-electron chi connectivity index (χ1n) is 10.4. The molecule has 0 atom stereocenters. The van der Waals surface area contributed by atoms with Crippen molar-refractivity contribution in [1.82, 2.24) is 0 Å². The molecule has 150 valence electrons. The van der Waals surface area contributed by atoms with Crippen LogP contribution in [0.4, 0.5) is 8.78 Å². The zero-order chi connectivity index (χ0) is 19.9. The average molecular weight is 385 g/mol. The van der Waals surface area contributed by atoms with Gasteiger partial charge in [0.05, 0.1) is 0 Å². The highest BCUT2D eigenvalue weighted by Gasteiger charge is 2.26. The third kappa shape index (κ3) is 5.43. The Bertz CT molecular complexity index is 769. The minimum atomic E-state index is -0.718. The van der Waals surface area contributed by atoms with Gasteiger partial charge >= 0.3 is 0 Å². The molecule has 0 aromatic heterocycles. The summed E-state index contributed by atoms with van der Waals surface area (Å²) in [6.07, 6.45) is 5.88. The Morgan fingerprint density at radius 2 is 1.57 bits per heavy atom. The minimum Gasteiger partial charge on any atom is -0.489 e. The lowest BCUT2D eigenvalue weighted by Crippen LogP contribution is -2.15. The average Bonchev–Trinajstić information content (AvgIpc) is 2.73. The van der Waals surface area contributed by atoms with Gasteiger partial charge in [-0.3, -0.25) is 0 Å². The maximum Gasteiger partial charge on any atom is 0.162 e. The molecule has 3 rings (SSSR count). The third-order valence-electron chi connectivity index (χ3n) is 5.75. The Hall–Kier alpha value is -2.16. The number of hydrogen-bond acceptors (Lipinski definition) is 1. The highest BCUT2D eigenvalue weighted by Crippen LogP contribution is 2.39. The summed E-state index contributed by atoms with van der Waals surface area (Å²) in [5.41, 5.74) is 2.57. The summed E-state index contributed by atoms with van der Waals surface area (Å²) in [5, 5.41) is 0. The number of halogens is 2. The van der Waals surface area contributed by atoms with Gasteiger partial charge in [-0.25, -0.2) is 8.78 Å². The van der Waals surface area contributed by atoms with Gasteiger partial charge in [-0.2, -0.15) is 0 Å². The lowest BCUT2D eigenvalue weighted by molar-refractivity contribution is 0.261. The number of hydrogen-bond donors (Lipinski definition) is 0. The maximum absolute atomic E-state index is 14.7. The van der Waals surface area contributed by atoms with Crippen molar-refractivity contribution in [3.8, 4) is 5.75 Å². The summed E-state index contributed by atoms with van der Waals surface area (Å²) in [5.74, 6) is -0.238. The van der Waals surface area contributed by atoms with E-state index in [0.717, 1.165) is 31.2 Å². The monoisotopic (exact) mass is 384 g/mol. The lowest BCUT2D eigenvalue weighted by Gasteiger charge is -2.27. The van der Waals surface area contributed by atoms with Crippen molar-refractivity contribution in [2.45, 2.75) is 59.0 Å². The number of ether oxygens (including phenoxy) is 1. The molecule has 0 aliphatic heterocycles. The van der Waals surface area contributed by atoms with Crippen molar-refractivity contribution < 1.29 is 13.5 Å². The largest absolute Gasteiger partial charge is 0.489 e. The van der Waals surface area contributed by atoms with E-state index in [0.29, 0.717) is 18.3 Å². The van der Waals surface area contributed by atoms with E-state index in [2.05, 4.69) is 6.92 Å². The van der Waals surface area contributed by atoms with E-state index in [1.807, 2.05) is 31.2 Å². The summed E-state index contributed by atoms with van der Waals surface area (Å²) < 4.78 is 35.0. The number of allylic oxidation sites excluding steroid dienone is 1. The molecule has 28 heavy (non-hydrogen) atoms. The van der Waals surface area contributed by atoms with Crippen molar-refractivity contribution in [2.75, 3.05) is 0 Å². The van der Waals surface area contributed by atoms with Gasteiger partial charge in [0, 0.05) is 11.5 Å². The molecule has 0 N–H and O–H groups in total. The van der Waals surface area contributed by atoms with E-state index in [9.17, 15) is 8.78 Å². The summed E-state index contributed by atoms with van der Waals surface area (Å²) >= 11 is 0. The maximum atomic E-state index is 14.7. The predicted octanol–water partition coefficient (Wildman–Crippen LogP) is 7.79. The van der Waals surface area contributed by atoms with Gasteiger partial charge in [-0.15, -0.1) is 0 Å². The molecule has 0 unspecified atom stereocenters. The Kier molecular flexibility index (Phi) is 7.24. The zero-order valence-electron chi connectivity index (χ0n) is 16.9. The van der Waals surface area contributed by atoms with Gasteiger partial charge in [0.2, 0.25) is 0 Å². The van der Waals surface area contributed by atoms with E-state index in [1.54, 1.807) is 24.3 Å². The molecule has 1 aliphatic carbocycles. The summed E-state index contributed by atoms with van der Waals surface area (Å²) in [4.78, 5) is 0. The second kappa shape index (κ2) is 9.86.